The average Bonchev–Trinajstić information content (AvgIpc) is 3.99. The van der Waals surface area contributed by atoms with Crippen molar-refractivity contribution < 1.29 is 0 Å². The lowest BCUT2D eigenvalue weighted by Gasteiger charge is -2.40. The third-order valence-corrected chi connectivity index (χ3v) is 18.5. The molecule has 2 spiro atoms. The van der Waals surface area contributed by atoms with Crippen LogP contribution in [0.2, 0.25) is 0 Å². The number of hydrogen-bond acceptors (Lipinski definition) is 4. The molecule has 4 aliphatic rings. The van der Waals surface area contributed by atoms with Gasteiger partial charge in [0.05, 0.1) is 16.5 Å². The minimum Gasteiger partial charge on any atom is -0.310 e. The summed E-state index contributed by atoms with van der Waals surface area (Å²) in [5.74, 6) is 0. The fourth-order valence-corrected chi connectivity index (χ4v) is 16.1. The van der Waals surface area contributed by atoms with Gasteiger partial charge >= 0.3 is 0 Å². The smallest absolute Gasteiger partial charge is 0.0736 e. The summed E-state index contributed by atoms with van der Waals surface area (Å²) >= 11 is 5.68. The zero-order chi connectivity index (χ0) is 44.0. The molecule has 0 atom stereocenters. The molecule has 67 heavy (non-hydrogen) atoms. The zero-order valence-corrected chi connectivity index (χ0v) is 38.9. The Morgan fingerprint density at radius 2 is 0.806 bits per heavy atom. The van der Waals surface area contributed by atoms with Crippen LogP contribution in [0.5, 0.6) is 0 Å². The van der Waals surface area contributed by atoms with Crippen LogP contribution in [-0.4, -0.2) is 0 Å². The van der Waals surface area contributed by atoms with E-state index in [1.54, 1.807) is 0 Å². The summed E-state index contributed by atoms with van der Waals surface area (Å²) < 4.78 is 2.60. The molecule has 0 amide bonds. The molecule has 2 aliphatic heterocycles. The van der Waals surface area contributed by atoms with Crippen molar-refractivity contribution >= 4 is 72.1 Å². The van der Waals surface area contributed by atoms with Crippen LogP contribution in [-0.2, 0) is 10.8 Å². The number of aryl methyl sites for hydroxylation is 1. The first kappa shape index (κ1) is 38.1. The summed E-state index contributed by atoms with van der Waals surface area (Å²) in [5.41, 5.74) is 19.7. The van der Waals surface area contributed by atoms with Crippen LogP contribution >= 0.6 is 34.9 Å². The van der Waals surface area contributed by atoms with Crippen molar-refractivity contribution in [1.29, 1.82) is 0 Å². The first-order chi connectivity index (χ1) is 33.1. The lowest BCUT2D eigenvalue weighted by Crippen LogP contribution is -2.32. The molecule has 11 aromatic rings. The Morgan fingerprint density at radius 1 is 0.343 bits per heavy atom. The maximum Gasteiger partial charge on any atom is 0.0736 e. The van der Waals surface area contributed by atoms with Crippen LogP contribution in [0.25, 0.3) is 42.4 Å². The van der Waals surface area contributed by atoms with Gasteiger partial charge < -0.3 is 4.90 Å². The topological polar surface area (TPSA) is 3.24 Å². The molecule has 0 fully saturated rings. The van der Waals surface area contributed by atoms with E-state index in [1.165, 1.54) is 118 Å². The Hall–Kier alpha value is -7.08. The van der Waals surface area contributed by atoms with Crippen molar-refractivity contribution in [3.05, 3.63) is 268 Å². The van der Waals surface area contributed by atoms with E-state index < -0.39 is 10.8 Å². The minimum absolute atomic E-state index is 0.497. The highest BCUT2D eigenvalue weighted by molar-refractivity contribution is 7.99. The highest BCUT2D eigenvalue weighted by Gasteiger charge is 2.53. The molecule has 0 bridgehead atoms. The normalized spacial score (nSPS) is 14.8. The van der Waals surface area contributed by atoms with Crippen molar-refractivity contribution in [3.63, 3.8) is 0 Å². The molecule has 314 valence electrons. The van der Waals surface area contributed by atoms with E-state index in [9.17, 15) is 0 Å². The van der Waals surface area contributed by atoms with Crippen molar-refractivity contribution in [2.75, 3.05) is 4.90 Å². The van der Waals surface area contributed by atoms with Crippen LogP contribution in [0.15, 0.2) is 238 Å². The maximum atomic E-state index is 2.60. The molecule has 1 aromatic heterocycles. The fraction of sp³-hybridized carbons (Fsp3) is 0.0476. The van der Waals surface area contributed by atoms with Crippen LogP contribution in [0.1, 0.15) is 50.1 Å². The first-order valence-corrected chi connectivity index (χ1v) is 25.5. The SMILES string of the molecule is Cc1cc(N(c2ccc3c(c2)C2(c4ccccc4Sc4ccccc42)c2ccccc2-3)c2ccc3c(c2)sc2ccccc23)c2c(c1)C1(c3ccccc3Sc3ccccc31)c1ccccc1-2. The Balaban J connectivity index is 1.06. The van der Waals surface area contributed by atoms with Crippen LogP contribution in [0.4, 0.5) is 17.1 Å². The summed E-state index contributed by atoms with van der Waals surface area (Å²) in [6, 6.07) is 83.3. The number of benzene rings is 10. The Bertz CT molecular complexity index is 3840. The molecule has 2 aliphatic carbocycles. The van der Waals surface area contributed by atoms with Crippen LogP contribution < -0.4 is 4.90 Å². The summed E-state index contributed by atoms with van der Waals surface area (Å²) in [4.78, 5) is 7.85. The molecule has 0 radical (unpaired) electrons. The quantitative estimate of drug-likeness (QED) is 0.174. The van der Waals surface area contributed by atoms with Crippen molar-refractivity contribution in [3.8, 4) is 22.3 Å². The second-order valence-corrected chi connectivity index (χ2v) is 21.6. The van der Waals surface area contributed by atoms with Gasteiger partial charge in [-0.05, 0) is 134 Å². The van der Waals surface area contributed by atoms with Gasteiger partial charge in [0.25, 0.3) is 0 Å². The van der Waals surface area contributed by atoms with E-state index >= 15 is 0 Å². The number of thiophene rings is 1. The molecule has 4 heteroatoms. The highest BCUT2D eigenvalue weighted by atomic mass is 32.2. The second-order valence-electron chi connectivity index (χ2n) is 18.3. The number of hydrogen-bond donors (Lipinski definition) is 0. The predicted molar refractivity (Wildman–Crippen MR) is 282 cm³/mol. The highest BCUT2D eigenvalue weighted by Crippen LogP contribution is 2.66. The monoisotopic (exact) mass is 905 g/mol. The van der Waals surface area contributed by atoms with Gasteiger partial charge in [-0.1, -0.05) is 181 Å². The standard InChI is InChI=1S/C63H39NS3/c1-38-34-53-61(45-18-3-6-20-47(45)63(53)50-23-9-14-28-58(50)67-59-29-15-10-24-51(59)63)54(35-38)64(40-31-33-44-43-17-4-11-25-55(43)65-60(44)37-40)39-30-32-42-41-16-2-5-19-46(41)62(52(42)36-39)48-21-7-12-26-56(48)66-57-27-13-8-22-49(57)62/h2-37H,1H3. The zero-order valence-electron chi connectivity index (χ0n) is 36.5. The van der Waals surface area contributed by atoms with Gasteiger partial charge in [-0.25, -0.2) is 0 Å². The number of fused-ring (bicyclic) bond motifs is 21. The molecule has 10 aromatic carbocycles. The average molecular weight is 906 g/mol. The van der Waals surface area contributed by atoms with Crippen molar-refractivity contribution in [2.24, 2.45) is 0 Å². The van der Waals surface area contributed by atoms with E-state index in [0.717, 1.165) is 11.4 Å². The molecular formula is C63H39NS3. The van der Waals surface area contributed by atoms with Crippen LogP contribution in [0, 0.1) is 6.92 Å². The van der Waals surface area contributed by atoms with Gasteiger partial charge in [-0.2, -0.15) is 0 Å². The van der Waals surface area contributed by atoms with Gasteiger partial charge in [-0.15, -0.1) is 11.3 Å². The van der Waals surface area contributed by atoms with Crippen molar-refractivity contribution in [2.45, 2.75) is 37.3 Å². The molecule has 0 N–H and O–H groups in total. The fourth-order valence-electron chi connectivity index (χ4n) is 12.5. The number of anilines is 3. The largest absolute Gasteiger partial charge is 0.310 e. The first-order valence-electron chi connectivity index (χ1n) is 23.1. The molecule has 15 rings (SSSR count). The van der Waals surface area contributed by atoms with Gasteiger partial charge in [0.1, 0.15) is 0 Å². The van der Waals surface area contributed by atoms with Gasteiger partial charge in [0.15, 0.2) is 0 Å². The lowest BCUT2D eigenvalue weighted by atomic mass is 9.67. The summed E-state index contributed by atoms with van der Waals surface area (Å²) in [6.45, 7) is 2.30. The van der Waals surface area contributed by atoms with E-state index in [2.05, 4.69) is 230 Å². The maximum absolute atomic E-state index is 2.60. The second kappa shape index (κ2) is 14.0. The van der Waals surface area contributed by atoms with Gasteiger partial charge in [0, 0.05) is 56.7 Å². The van der Waals surface area contributed by atoms with E-state index in [0.29, 0.717) is 0 Å². The molecular weight excluding hydrogens is 867 g/mol. The Kier molecular flexibility index (Phi) is 7.94. The third kappa shape index (κ3) is 4.97. The molecule has 1 nitrogen and oxygen atoms in total. The van der Waals surface area contributed by atoms with E-state index in [4.69, 9.17) is 0 Å². The van der Waals surface area contributed by atoms with Crippen molar-refractivity contribution in [1.82, 2.24) is 0 Å². The lowest BCUT2D eigenvalue weighted by molar-refractivity contribution is 0.721. The molecule has 3 heterocycles. The molecule has 0 saturated heterocycles. The molecule has 0 unspecified atom stereocenters. The van der Waals surface area contributed by atoms with E-state index in [1.807, 2.05) is 34.9 Å². The third-order valence-electron chi connectivity index (χ3n) is 15.0. The number of rotatable bonds is 3. The Morgan fingerprint density at radius 3 is 1.45 bits per heavy atom. The summed E-state index contributed by atoms with van der Waals surface area (Å²) in [7, 11) is 0. The van der Waals surface area contributed by atoms with Gasteiger partial charge in [0.2, 0.25) is 0 Å². The van der Waals surface area contributed by atoms with Gasteiger partial charge in [-0.3, -0.25) is 0 Å². The number of nitrogens with zero attached hydrogens (tertiary/aromatic N) is 1. The van der Waals surface area contributed by atoms with E-state index in [-0.39, 0.29) is 0 Å². The molecule has 0 saturated carbocycles. The Labute approximate surface area is 402 Å². The summed E-state index contributed by atoms with van der Waals surface area (Å²) in [6.07, 6.45) is 0. The summed E-state index contributed by atoms with van der Waals surface area (Å²) in [5, 5.41) is 2.61. The minimum atomic E-state index is -0.500. The predicted octanol–water partition coefficient (Wildman–Crippen LogP) is 17.5. The van der Waals surface area contributed by atoms with Crippen LogP contribution in [0.3, 0.4) is 0 Å².